The first kappa shape index (κ1) is 14.0. The highest BCUT2D eigenvalue weighted by Crippen LogP contribution is 2.17. The van der Waals surface area contributed by atoms with Crippen LogP contribution >= 0.6 is 11.6 Å². The van der Waals surface area contributed by atoms with Crippen molar-refractivity contribution >= 4 is 34.7 Å². The van der Waals surface area contributed by atoms with Crippen LogP contribution in [-0.2, 0) is 0 Å². The molecule has 0 unspecified atom stereocenters. The van der Waals surface area contributed by atoms with Crippen LogP contribution < -0.4 is 11.1 Å². The number of rotatable bonds is 3. The maximum Gasteiger partial charge on any atom is 0.257 e. The SMILES string of the molecule is CC(=O)c1ccc(NC(=O)c2cc(Cl)ncc2N)cc1. The summed E-state index contributed by atoms with van der Waals surface area (Å²) in [5.41, 5.74) is 7.32. The number of ketones is 1. The molecule has 6 heteroatoms. The summed E-state index contributed by atoms with van der Waals surface area (Å²) in [5.74, 6) is -0.421. The van der Waals surface area contributed by atoms with Gasteiger partial charge in [0.25, 0.3) is 5.91 Å². The van der Waals surface area contributed by atoms with Gasteiger partial charge in [-0.05, 0) is 37.3 Å². The molecule has 2 aromatic rings. The van der Waals surface area contributed by atoms with Crippen molar-refractivity contribution in [3.05, 3.63) is 52.8 Å². The van der Waals surface area contributed by atoms with Crippen molar-refractivity contribution < 1.29 is 9.59 Å². The molecule has 0 saturated carbocycles. The molecule has 0 aliphatic heterocycles. The Bertz CT molecular complexity index is 669. The second-order valence-electron chi connectivity index (χ2n) is 4.18. The number of pyridine rings is 1. The molecule has 1 heterocycles. The number of benzene rings is 1. The average molecular weight is 290 g/mol. The van der Waals surface area contributed by atoms with Crippen LogP contribution in [0.3, 0.4) is 0 Å². The van der Waals surface area contributed by atoms with Crippen molar-refractivity contribution in [3.63, 3.8) is 0 Å². The Morgan fingerprint density at radius 3 is 2.50 bits per heavy atom. The molecule has 20 heavy (non-hydrogen) atoms. The van der Waals surface area contributed by atoms with Crippen LogP contribution in [-0.4, -0.2) is 16.7 Å². The summed E-state index contributed by atoms with van der Waals surface area (Å²) in [6, 6.07) is 7.97. The van der Waals surface area contributed by atoms with Gasteiger partial charge >= 0.3 is 0 Å². The number of nitrogens with zero attached hydrogens (tertiary/aromatic N) is 1. The minimum atomic E-state index is -0.387. The standard InChI is InChI=1S/C14H12ClN3O2/c1-8(19)9-2-4-10(5-3-9)18-14(20)11-6-13(15)17-7-12(11)16/h2-7H,16H2,1H3,(H,18,20). The third kappa shape index (κ3) is 3.13. The van der Waals surface area contributed by atoms with Gasteiger partial charge in [0.1, 0.15) is 5.15 Å². The van der Waals surface area contributed by atoms with Crippen molar-refractivity contribution in [1.82, 2.24) is 4.98 Å². The number of carbonyl (C=O) groups excluding carboxylic acids is 2. The summed E-state index contributed by atoms with van der Waals surface area (Å²) in [6.07, 6.45) is 1.33. The number of carbonyl (C=O) groups is 2. The molecule has 2 rings (SSSR count). The lowest BCUT2D eigenvalue weighted by atomic mass is 10.1. The molecule has 1 amide bonds. The fraction of sp³-hybridized carbons (Fsp3) is 0.0714. The number of nitrogens with one attached hydrogen (secondary N) is 1. The number of nitrogen functional groups attached to an aromatic ring is 1. The molecule has 0 atom stereocenters. The number of anilines is 2. The molecule has 0 spiro atoms. The van der Waals surface area contributed by atoms with E-state index in [1.165, 1.54) is 19.2 Å². The molecule has 102 valence electrons. The van der Waals surface area contributed by atoms with Crippen LogP contribution in [0.5, 0.6) is 0 Å². The summed E-state index contributed by atoms with van der Waals surface area (Å²) < 4.78 is 0. The zero-order chi connectivity index (χ0) is 14.7. The van der Waals surface area contributed by atoms with Gasteiger partial charge in [-0.1, -0.05) is 11.6 Å². The zero-order valence-electron chi connectivity index (χ0n) is 10.7. The highest BCUT2D eigenvalue weighted by atomic mass is 35.5. The summed E-state index contributed by atoms with van der Waals surface area (Å²) in [4.78, 5) is 27.0. The van der Waals surface area contributed by atoms with Crippen LogP contribution in [0.1, 0.15) is 27.6 Å². The molecule has 5 nitrogen and oxygen atoms in total. The van der Waals surface area contributed by atoms with Crippen molar-refractivity contribution in [1.29, 1.82) is 0 Å². The smallest absolute Gasteiger partial charge is 0.257 e. The Labute approximate surface area is 120 Å². The van der Waals surface area contributed by atoms with Crippen LogP contribution in [0.4, 0.5) is 11.4 Å². The van der Waals surface area contributed by atoms with E-state index in [9.17, 15) is 9.59 Å². The summed E-state index contributed by atoms with van der Waals surface area (Å²) in [6.45, 7) is 1.48. The fourth-order valence-electron chi connectivity index (χ4n) is 1.62. The molecule has 0 bridgehead atoms. The van der Waals surface area contributed by atoms with Crippen LogP contribution in [0.25, 0.3) is 0 Å². The lowest BCUT2D eigenvalue weighted by molar-refractivity contribution is 0.101. The Kier molecular flexibility index (Phi) is 4.00. The largest absolute Gasteiger partial charge is 0.397 e. The Hall–Kier alpha value is -2.40. The molecule has 0 aliphatic carbocycles. The highest BCUT2D eigenvalue weighted by Gasteiger charge is 2.11. The maximum atomic E-state index is 12.1. The number of halogens is 1. The Balaban J connectivity index is 2.19. The highest BCUT2D eigenvalue weighted by molar-refractivity contribution is 6.30. The summed E-state index contributed by atoms with van der Waals surface area (Å²) in [7, 11) is 0. The third-order valence-electron chi connectivity index (χ3n) is 2.70. The van der Waals surface area contributed by atoms with E-state index in [-0.39, 0.29) is 28.1 Å². The Morgan fingerprint density at radius 2 is 1.90 bits per heavy atom. The Morgan fingerprint density at radius 1 is 1.25 bits per heavy atom. The van der Waals surface area contributed by atoms with E-state index in [4.69, 9.17) is 17.3 Å². The first-order valence-electron chi connectivity index (χ1n) is 5.81. The number of aromatic nitrogens is 1. The van der Waals surface area contributed by atoms with E-state index in [2.05, 4.69) is 10.3 Å². The average Bonchev–Trinajstić information content (AvgIpc) is 2.42. The molecule has 0 saturated heterocycles. The monoisotopic (exact) mass is 289 g/mol. The van der Waals surface area contributed by atoms with Crippen LogP contribution in [0.2, 0.25) is 5.15 Å². The van der Waals surface area contributed by atoms with Gasteiger partial charge in [0, 0.05) is 11.3 Å². The first-order chi connectivity index (χ1) is 9.47. The van der Waals surface area contributed by atoms with Gasteiger partial charge in [-0.2, -0.15) is 0 Å². The quantitative estimate of drug-likeness (QED) is 0.672. The molecule has 0 fully saturated rings. The van der Waals surface area contributed by atoms with Crippen molar-refractivity contribution in [3.8, 4) is 0 Å². The van der Waals surface area contributed by atoms with Crippen LogP contribution in [0, 0.1) is 0 Å². The number of amides is 1. The predicted molar refractivity (Wildman–Crippen MR) is 78.1 cm³/mol. The van der Waals surface area contributed by atoms with Gasteiger partial charge in [-0.3, -0.25) is 9.59 Å². The lowest BCUT2D eigenvalue weighted by Crippen LogP contribution is -2.14. The lowest BCUT2D eigenvalue weighted by Gasteiger charge is -2.08. The van der Waals surface area contributed by atoms with E-state index in [0.29, 0.717) is 11.3 Å². The predicted octanol–water partition coefficient (Wildman–Crippen LogP) is 2.77. The molecule has 0 aliphatic rings. The van der Waals surface area contributed by atoms with Crippen LogP contribution in [0.15, 0.2) is 36.5 Å². The molecule has 0 radical (unpaired) electrons. The van der Waals surface area contributed by atoms with Gasteiger partial charge in [0.05, 0.1) is 17.4 Å². The van der Waals surface area contributed by atoms with Crippen molar-refractivity contribution in [2.45, 2.75) is 6.92 Å². The van der Waals surface area contributed by atoms with Crippen molar-refractivity contribution in [2.75, 3.05) is 11.1 Å². The second kappa shape index (κ2) is 5.71. The van der Waals surface area contributed by atoms with E-state index in [0.717, 1.165) is 0 Å². The second-order valence-corrected chi connectivity index (χ2v) is 4.57. The van der Waals surface area contributed by atoms with Gasteiger partial charge < -0.3 is 11.1 Å². The third-order valence-corrected chi connectivity index (χ3v) is 2.90. The minimum Gasteiger partial charge on any atom is -0.397 e. The molecule has 1 aromatic heterocycles. The van der Waals surface area contributed by atoms with E-state index in [1.807, 2.05) is 0 Å². The van der Waals surface area contributed by atoms with Crippen molar-refractivity contribution in [2.24, 2.45) is 0 Å². The molecule has 3 N–H and O–H groups in total. The van der Waals surface area contributed by atoms with Gasteiger partial charge in [0.2, 0.25) is 0 Å². The van der Waals surface area contributed by atoms with Gasteiger partial charge in [0.15, 0.2) is 5.78 Å². The minimum absolute atomic E-state index is 0.0342. The number of Topliss-reactive ketones (excluding diaryl/α,β-unsaturated/α-hetero) is 1. The number of hydrogen-bond acceptors (Lipinski definition) is 4. The zero-order valence-corrected chi connectivity index (χ0v) is 11.4. The molecular formula is C14H12ClN3O2. The number of hydrogen-bond donors (Lipinski definition) is 2. The molecular weight excluding hydrogens is 278 g/mol. The summed E-state index contributed by atoms with van der Waals surface area (Å²) in [5, 5.41) is 2.87. The van der Waals surface area contributed by atoms with E-state index < -0.39 is 0 Å². The summed E-state index contributed by atoms with van der Waals surface area (Å²) >= 11 is 5.74. The van der Waals surface area contributed by atoms with E-state index >= 15 is 0 Å². The van der Waals surface area contributed by atoms with E-state index in [1.54, 1.807) is 24.3 Å². The van der Waals surface area contributed by atoms with Gasteiger partial charge in [-0.25, -0.2) is 4.98 Å². The first-order valence-corrected chi connectivity index (χ1v) is 6.18. The maximum absolute atomic E-state index is 12.1. The fourth-order valence-corrected chi connectivity index (χ4v) is 1.78. The topological polar surface area (TPSA) is 85.1 Å². The normalized spacial score (nSPS) is 10.1. The molecule has 1 aromatic carbocycles. The van der Waals surface area contributed by atoms with Gasteiger partial charge in [-0.15, -0.1) is 0 Å². The number of nitrogens with two attached hydrogens (primary N) is 1.